The van der Waals surface area contributed by atoms with E-state index in [0.717, 1.165) is 0 Å². The lowest BCUT2D eigenvalue weighted by atomic mass is 10.0. The number of hydrogen-bond acceptors (Lipinski definition) is 4. The van der Waals surface area contributed by atoms with Crippen LogP contribution >= 0.6 is 0 Å². The molecule has 1 saturated heterocycles. The van der Waals surface area contributed by atoms with Gasteiger partial charge in [0.05, 0.1) is 25.4 Å². The Hall–Kier alpha value is -0.160. The van der Waals surface area contributed by atoms with Crippen LogP contribution < -0.4 is 0 Å². The summed E-state index contributed by atoms with van der Waals surface area (Å²) >= 11 is 0. The van der Waals surface area contributed by atoms with Gasteiger partial charge in [-0.2, -0.15) is 0 Å². The van der Waals surface area contributed by atoms with Crippen LogP contribution in [0.15, 0.2) is 0 Å². The van der Waals surface area contributed by atoms with Crippen LogP contribution in [-0.4, -0.2) is 41.9 Å². The standard InChI is InChI=1S/C8H16O4/c1-5-7(10)3-12-8(5)4-11-6(2)9/h5-10H,3-4H2,1-2H3. The quantitative estimate of drug-likeness (QED) is 0.581. The Morgan fingerprint density at radius 1 is 1.67 bits per heavy atom. The molecule has 0 bridgehead atoms. The van der Waals surface area contributed by atoms with Gasteiger partial charge in [-0.15, -0.1) is 0 Å². The Morgan fingerprint density at radius 2 is 2.33 bits per heavy atom. The Kier molecular flexibility index (Phi) is 3.46. The lowest BCUT2D eigenvalue weighted by Gasteiger charge is -2.16. The van der Waals surface area contributed by atoms with Crippen molar-refractivity contribution in [1.29, 1.82) is 0 Å². The first-order chi connectivity index (χ1) is 5.61. The van der Waals surface area contributed by atoms with E-state index in [4.69, 9.17) is 14.6 Å². The minimum atomic E-state index is -0.765. The van der Waals surface area contributed by atoms with E-state index in [1.165, 1.54) is 0 Å². The van der Waals surface area contributed by atoms with Gasteiger partial charge in [-0.3, -0.25) is 0 Å². The van der Waals surface area contributed by atoms with Crippen LogP contribution in [-0.2, 0) is 9.47 Å². The Balaban J connectivity index is 2.24. The van der Waals surface area contributed by atoms with Gasteiger partial charge in [0.2, 0.25) is 0 Å². The highest BCUT2D eigenvalue weighted by molar-refractivity contribution is 4.79. The van der Waals surface area contributed by atoms with Crippen LogP contribution in [0.2, 0.25) is 0 Å². The molecule has 0 aromatic carbocycles. The van der Waals surface area contributed by atoms with Crippen molar-refractivity contribution < 1.29 is 19.7 Å². The molecule has 0 aromatic rings. The van der Waals surface area contributed by atoms with Gasteiger partial charge in [0, 0.05) is 5.92 Å². The van der Waals surface area contributed by atoms with Crippen LogP contribution in [0.25, 0.3) is 0 Å². The van der Waals surface area contributed by atoms with Crippen molar-refractivity contribution in [3.05, 3.63) is 0 Å². The highest BCUT2D eigenvalue weighted by Crippen LogP contribution is 2.21. The zero-order valence-corrected chi connectivity index (χ0v) is 7.43. The van der Waals surface area contributed by atoms with Crippen molar-refractivity contribution in [2.24, 2.45) is 5.92 Å². The fourth-order valence-electron chi connectivity index (χ4n) is 1.21. The fraction of sp³-hybridized carbons (Fsp3) is 1.00. The molecule has 0 aromatic heterocycles. The summed E-state index contributed by atoms with van der Waals surface area (Å²) in [6, 6.07) is 0. The second-order valence-corrected chi connectivity index (χ2v) is 3.23. The SMILES string of the molecule is CC(O)OCC1OCC(O)C1C. The van der Waals surface area contributed by atoms with Crippen molar-refractivity contribution in [2.75, 3.05) is 13.2 Å². The molecule has 0 aliphatic carbocycles. The summed E-state index contributed by atoms with van der Waals surface area (Å²) in [5.41, 5.74) is 0. The maximum Gasteiger partial charge on any atom is 0.151 e. The van der Waals surface area contributed by atoms with Gasteiger partial charge in [0.15, 0.2) is 6.29 Å². The van der Waals surface area contributed by atoms with Gasteiger partial charge in [-0.05, 0) is 6.92 Å². The van der Waals surface area contributed by atoms with Gasteiger partial charge >= 0.3 is 0 Å². The van der Waals surface area contributed by atoms with Crippen LogP contribution in [0.4, 0.5) is 0 Å². The third kappa shape index (κ3) is 2.42. The van der Waals surface area contributed by atoms with Crippen LogP contribution in [0, 0.1) is 5.92 Å². The first-order valence-electron chi connectivity index (χ1n) is 4.20. The van der Waals surface area contributed by atoms with Crippen molar-refractivity contribution in [3.8, 4) is 0 Å². The number of aliphatic hydroxyl groups is 2. The molecule has 12 heavy (non-hydrogen) atoms. The number of rotatable bonds is 3. The molecule has 1 fully saturated rings. The van der Waals surface area contributed by atoms with Gasteiger partial charge in [-0.25, -0.2) is 0 Å². The summed E-state index contributed by atoms with van der Waals surface area (Å²) < 4.78 is 10.2. The number of aliphatic hydroxyl groups excluding tert-OH is 2. The predicted molar refractivity (Wildman–Crippen MR) is 42.5 cm³/mol. The highest BCUT2D eigenvalue weighted by atomic mass is 16.6. The lowest BCUT2D eigenvalue weighted by molar-refractivity contribution is -0.116. The average molecular weight is 176 g/mol. The van der Waals surface area contributed by atoms with Crippen molar-refractivity contribution in [1.82, 2.24) is 0 Å². The zero-order chi connectivity index (χ0) is 9.14. The first kappa shape index (κ1) is 9.92. The van der Waals surface area contributed by atoms with E-state index in [9.17, 15) is 5.11 Å². The topological polar surface area (TPSA) is 58.9 Å². The number of ether oxygens (including phenoxy) is 2. The molecule has 0 radical (unpaired) electrons. The minimum absolute atomic E-state index is 0.0868. The maximum absolute atomic E-state index is 9.29. The van der Waals surface area contributed by atoms with Gasteiger partial charge < -0.3 is 19.7 Å². The molecule has 4 nitrogen and oxygen atoms in total. The molecule has 4 unspecified atom stereocenters. The second kappa shape index (κ2) is 4.18. The summed E-state index contributed by atoms with van der Waals surface area (Å²) in [6.45, 7) is 4.18. The van der Waals surface area contributed by atoms with Crippen LogP contribution in [0.5, 0.6) is 0 Å². The fourth-order valence-corrected chi connectivity index (χ4v) is 1.21. The van der Waals surface area contributed by atoms with E-state index < -0.39 is 12.4 Å². The lowest BCUT2D eigenvalue weighted by Crippen LogP contribution is -2.26. The molecule has 1 aliphatic rings. The molecule has 4 atom stereocenters. The van der Waals surface area contributed by atoms with Crippen molar-refractivity contribution in [3.63, 3.8) is 0 Å². The number of hydrogen-bond donors (Lipinski definition) is 2. The normalized spacial score (nSPS) is 38.5. The summed E-state index contributed by atoms with van der Waals surface area (Å²) in [7, 11) is 0. The molecule has 1 rings (SSSR count). The Bertz CT molecular complexity index is 137. The van der Waals surface area contributed by atoms with Gasteiger partial charge in [0.1, 0.15) is 0 Å². The largest absolute Gasteiger partial charge is 0.390 e. The predicted octanol–water partition coefficient (Wildman–Crippen LogP) is -0.263. The molecule has 1 heterocycles. The monoisotopic (exact) mass is 176 g/mol. The van der Waals surface area contributed by atoms with E-state index in [-0.39, 0.29) is 12.0 Å². The van der Waals surface area contributed by atoms with E-state index in [0.29, 0.717) is 13.2 Å². The average Bonchev–Trinajstić information content (AvgIpc) is 2.30. The van der Waals surface area contributed by atoms with E-state index >= 15 is 0 Å². The summed E-state index contributed by atoms with van der Waals surface area (Å²) in [4.78, 5) is 0. The summed E-state index contributed by atoms with van der Waals surface area (Å²) in [6.07, 6.45) is -1.25. The molecule has 1 aliphatic heterocycles. The van der Waals surface area contributed by atoms with Crippen molar-refractivity contribution in [2.45, 2.75) is 32.3 Å². The second-order valence-electron chi connectivity index (χ2n) is 3.23. The first-order valence-corrected chi connectivity index (χ1v) is 4.20. The highest BCUT2D eigenvalue weighted by Gasteiger charge is 2.32. The Labute approximate surface area is 72.1 Å². The summed E-state index contributed by atoms with van der Waals surface area (Å²) in [5, 5.41) is 18.1. The molecule has 72 valence electrons. The van der Waals surface area contributed by atoms with Gasteiger partial charge in [-0.1, -0.05) is 6.92 Å². The minimum Gasteiger partial charge on any atom is -0.390 e. The molecule has 4 heteroatoms. The third-order valence-corrected chi connectivity index (χ3v) is 2.18. The maximum atomic E-state index is 9.29. The van der Waals surface area contributed by atoms with E-state index in [2.05, 4.69) is 0 Å². The van der Waals surface area contributed by atoms with Crippen LogP contribution in [0.1, 0.15) is 13.8 Å². The third-order valence-electron chi connectivity index (χ3n) is 2.18. The van der Waals surface area contributed by atoms with Gasteiger partial charge in [0.25, 0.3) is 0 Å². The molecule has 0 spiro atoms. The summed E-state index contributed by atoms with van der Waals surface area (Å²) in [5.74, 6) is 0.0868. The smallest absolute Gasteiger partial charge is 0.151 e. The molecule has 0 saturated carbocycles. The molecular weight excluding hydrogens is 160 g/mol. The molecule has 0 amide bonds. The Morgan fingerprint density at radius 3 is 2.75 bits per heavy atom. The van der Waals surface area contributed by atoms with Crippen molar-refractivity contribution >= 4 is 0 Å². The zero-order valence-electron chi connectivity index (χ0n) is 7.43. The van der Waals surface area contributed by atoms with E-state index in [1.54, 1.807) is 6.92 Å². The van der Waals surface area contributed by atoms with E-state index in [1.807, 2.05) is 6.92 Å². The molecular formula is C8H16O4. The van der Waals surface area contributed by atoms with Crippen LogP contribution in [0.3, 0.4) is 0 Å². The molecule has 2 N–H and O–H groups in total.